The van der Waals surface area contributed by atoms with E-state index in [4.69, 9.17) is 11.6 Å². The Morgan fingerprint density at radius 1 is 0.913 bits per heavy atom. The van der Waals surface area contributed by atoms with Gasteiger partial charge in [-0.3, -0.25) is 4.79 Å². The lowest BCUT2D eigenvalue weighted by atomic mass is 10.1. The molecule has 0 aliphatic carbocycles. The highest BCUT2D eigenvalue weighted by Gasteiger charge is 2.23. The first-order valence-electron chi connectivity index (χ1n) is 7.29. The van der Waals surface area contributed by atoms with Crippen LogP contribution >= 0.6 is 11.6 Å². The molecule has 0 atom stereocenters. The molecule has 1 fully saturated rings. The second-order valence-electron chi connectivity index (χ2n) is 5.38. The quantitative estimate of drug-likeness (QED) is 0.837. The summed E-state index contributed by atoms with van der Waals surface area (Å²) in [6, 6.07) is 10.8. The first-order valence-corrected chi connectivity index (χ1v) is 7.67. The molecule has 0 saturated carbocycles. The van der Waals surface area contributed by atoms with Crippen LogP contribution in [0.4, 0.5) is 14.5 Å². The van der Waals surface area contributed by atoms with Crippen LogP contribution in [0.25, 0.3) is 0 Å². The maximum absolute atomic E-state index is 13.3. The SMILES string of the molecule is O=C(c1ccc(F)c(F)c1)N1CCN(c2ccc(Cl)cc2)CC1. The van der Waals surface area contributed by atoms with E-state index in [2.05, 4.69) is 4.90 Å². The Morgan fingerprint density at radius 3 is 2.17 bits per heavy atom. The fraction of sp³-hybridized carbons (Fsp3) is 0.235. The van der Waals surface area contributed by atoms with Crippen molar-refractivity contribution in [2.75, 3.05) is 31.1 Å². The van der Waals surface area contributed by atoms with Crippen molar-refractivity contribution in [3.63, 3.8) is 0 Å². The van der Waals surface area contributed by atoms with Gasteiger partial charge in [-0.25, -0.2) is 8.78 Å². The number of piperazine rings is 1. The van der Waals surface area contributed by atoms with Gasteiger partial charge in [-0.1, -0.05) is 11.6 Å². The molecular formula is C17H15ClF2N2O. The summed E-state index contributed by atoms with van der Waals surface area (Å²) in [7, 11) is 0. The van der Waals surface area contributed by atoms with Crippen molar-refractivity contribution < 1.29 is 13.6 Å². The highest BCUT2D eigenvalue weighted by molar-refractivity contribution is 6.30. The summed E-state index contributed by atoms with van der Waals surface area (Å²) in [5.41, 5.74) is 1.22. The van der Waals surface area contributed by atoms with Crippen molar-refractivity contribution in [1.29, 1.82) is 0 Å². The van der Waals surface area contributed by atoms with Crippen molar-refractivity contribution in [3.8, 4) is 0 Å². The van der Waals surface area contributed by atoms with Gasteiger partial charge in [0.2, 0.25) is 0 Å². The van der Waals surface area contributed by atoms with Gasteiger partial charge in [-0.15, -0.1) is 0 Å². The van der Waals surface area contributed by atoms with E-state index in [0.29, 0.717) is 31.2 Å². The summed E-state index contributed by atoms with van der Waals surface area (Å²) < 4.78 is 26.2. The van der Waals surface area contributed by atoms with E-state index in [9.17, 15) is 13.6 Å². The first kappa shape index (κ1) is 15.7. The van der Waals surface area contributed by atoms with E-state index in [1.807, 2.05) is 24.3 Å². The van der Waals surface area contributed by atoms with Crippen molar-refractivity contribution in [2.24, 2.45) is 0 Å². The molecule has 1 aliphatic heterocycles. The zero-order chi connectivity index (χ0) is 16.4. The molecule has 0 N–H and O–H groups in total. The Morgan fingerprint density at radius 2 is 1.57 bits per heavy atom. The minimum Gasteiger partial charge on any atom is -0.368 e. The van der Waals surface area contributed by atoms with Crippen molar-refractivity contribution in [2.45, 2.75) is 0 Å². The predicted molar refractivity (Wildman–Crippen MR) is 85.9 cm³/mol. The number of hydrogen-bond donors (Lipinski definition) is 0. The zero-order valence-electron chi connectivity index (χ0n) is 12.3. The summed E-state index contributed by atoms with van der Waals surface area (Å²) >= 11 is 5.88. The lowest BCUT2D eigenvalue weighted by molar-refractivity contribution is 0.0746. The molecule has 120 valence electrons. The van der Waals surface area contributed by atoms with E-state index in [0.717, 1.165) is 17.8 Å². The zero-order valence-corrected chi connectivity index (χ0v) is 13.1. The maximum Gasteiger partial charge on any atom is 0.254 e. The highest BCUT2D eigenvalue weighted by atomic mass is 35.5. The summed E-state index contributed by atoms with van der Waals surface area (Å²) in [6.07, 6.45) is 0. The van der Waals surface area contributed by atoms with Crippen LogP contribution < -0.4 is 4.90 Å². The van der Waals surface area contributed by atoms with Gasteiger partial charge in [0.1, 0.15) is 0 Å². The van der Waals surface area contributed by atoms with E-state index in [1.54, 1.807) is 4.90 Å². The summed E-state index contributed by atoms with van der Waals surface area (Å²) in [6.45, 7) is 2.41. The second kappa shape index (κ2) is 6.54. The molecule has 0 unspecified atom stereocenters. The molecule has 0 aromatic heterocycles. The van der Waals surface area contributed by atoms with Gasteiger partial charge in [0, 0.05) is 42.5 Å². The maximum atomic E-state index is 13.3. The molecule has 1 saturated heterocycles. The van der Waals surface area contributed by atoms with Gasteiger partial charge < -0.3 is 9.80 Å². The molecule has 0 spiro atoms. The van der Waals surface area contributed by atoms with Gasteiger partial charge in [0.25, 0.3) is 5.91 Å². The number of carbonyl (C=O) groups excluding carboxylic acids is 1. The van der Waals surface area contributed by atoms with Gasteiger partial charge in [0.05, 0.1) is 0 Å². The lowest BCUT2D eigenvalue weighted by Crippen LogP contribution is -2.48. The van der Waals surface area contributed by atoms with Gasteiger partial charge in [-0.2, -0.15) is 0 Å². The smallest absolute Gasteiger partial charge is 0.254 e. The number of amides is 1. The molecule has 1 heterocycles. The van der Waals surface area contributed by atoms with Crippen LogP contribution in [0, 0.1) is 11.6 Å². The summed E-state index contributed by atoms with van der Waals surface area (Å²) in [5, 5.41) is 0.681. The van der Waals surface area contributed by atoms with Crippen molar-refractivity contribution >= 4 is 23.2 Å². The van der Waals surface area contributed by atoms with Gasteiger partial charge in [-0.05, 0) is 42.5 Å². The molecule has 0 radical (unpaired) electrons. The van der Waals surface area contributed by atoms with E-state index >= 15 is 0 Å². The minimum absolute atomic E-state index is 0.170. The minimum atomic E-state index is -1.00. The monoisotopic (exact) mass is 336 g/mol. The van der Waals surface area contributed by atoms with Gasteiger partial charge in [0.15, 0.2) is 11.6 Å². The number of anilines is 1. The van der Waals surface area contributed by atoms with Crippen molar-refractivity contribution in [1.82, 2.24) is 4.90 Å². The third kappa shape index (κ3) is 3.45. The van der Waals surface area contributed by atoms with E-state index in [1.165, 1.54) is 6.07 Å². The number of rotatable bonds is 2. The molecular weight excluding hydrogens is 322 g/mol. The average molecular weight is 337 g/mol. The Balaban J connectivity index is 1.65. The molecule has 2 aromatic rings. The Bertz CT molecular complexity index is 713. The predicted octanol–water partition coefficient (Wildman–Crippen LogP) is 3.58. The molecule has 3 nitrogen and oxygen atoms in total. The van der Waals surface area contributed by atoms with Crippen LogP contribution in [-0.2, 0) is 0 Å². The van der Waals surface area contributed by atoms with E-state index in [-0.39, 0.29) is 11.5 Å². The van der Waals surface area contributed by atoms with E-state index < -0.39 is 11.6 Å². The summed E-state index contributed by atoms with van der Waals surface area (Å²) in [4.78, 5) is 16.2. The molecule has 1 amide bonds. The third-order valence-electron chi connectivity index (χ3n) is 3.93. The standard InChI is InChI=1S/C17H15ClF2N2O/c18-13-2-4-14(5-3-13)21-7-9-22(10-8-21)17(23)12-1-6-15(19)16(20)11-12/h1-6,11H,7-10H2. The van der Waals surface area contributed by atoms with Crippen molar-refractivity contribution in [3.05, 3.63) is 64.7 Å². The highest BCUT2D eigenvalue weighted by Crippen LogP contribution is 2.20. The number of halogens is 3. The van der Waals surface area contributed by atoms with Crippen LogP contribution in [0.2, 0.25) is 5.02 Å². The number of carbonyl (C=O) groups is 1. The van der Waals surface area contributed by atoms with Crippen LogP contribution in [0.15, 0.2) is 42.5 Å². The molecule has 0 bridgehead atoms. The fourth-order valence-electron chi connectivity index (χ4n) is 2.63. The van der Waals surface area contributed by atoms with Crippen LogP contribution in [-0.4, -0.2) is 37.0 Å². The molecule has 2 aromatic carbocycles. The van der Waals surface area contributed by atoms with Crippen LogP contribution in [0.5, 0.6) is 0 Å². The lowest BCUT2D eigenvalue weighted by Gasteiger charge is -2.36. The molecule has 6 heteroatoms. The molecule has 23 heavy (non-hydrogen) atoms. The first-order chi connectivity index (χ1) is 11.0. The average Bonchev–Trinajstić information content (AvgIpc) is 2.57. The third-order valence-corrected chi connectivity index (χ3v) is 4.18. The second-order valence-corrected chi connectivity index (χ2v) is 5.82. The van der Waals surface area contributed by atoms with Crippen LogP contribution in [0.3, 0.4) is 0 Å². The Kier molecular flexibility index (Phi) is 4.48. The van der Waals surface area contributed by atoms with Crippen LogP contribution in [0.1, 0.15) is 10.4 Å². The fourth-order valence-corrected chi connectivity index (χ4v) is 2.76. The largest absolute Gasteiger partial charge is 0.368 e. The molecule has 1 aliphatic rings. The normalized spacial score (nSPS) is 14.9. The summed E-state index contributed by atoms with van der Waals surface area (Å²) in [5.74, 6) is -2.23. The number of nitrogens with zero attached hydrogens (tertiary/aromatic N) is 2. The topological polar surface area (TPSA) is 23.6 Å². The Labute approximate surface area is 138 Å². The molecule has 3 rings (SSSR count). The van der Waals surface area contributed by atoms with Gasteiger partial charge >= 0.3 is 0 Å². The Hall–Kier alpha value is -2.14. The number of hydrogen-bond acceptors (Lipinski definition) is 2. The number of benzene rings is 2.